The molecule has 4 aromatic rings. The molecule has 2 aromatic carbocycles. The molecule has 4 rings (SSSR count). The third-order valence-electron chi connectivity index (χ3n) is 5.27. The number of ether oxygens (including phenoxy) is 3. The molecule has 0 saturated carbocycles. The van der Waals surface area contributed by atoms with Crippen molar-refractivity contribution >= 4 is 11.5 Å². The first-order chi connectivity index (χ1) is 17.4. The molecule has 5 N–H and O–H groups in total. The Labute approximate surface area is 204 Å². The lowest BCUT2D eigenvalue weighted by Crippen LogP contribution is -2.18. The molecule has 36 heavy (non-hydrogen) atoms. The summed E-state index contributed by atoms with van der Waals surface area (Å²) in [6.07, 6.45) is 2.93. The van der Waals surface area contributed by atoms with Crippen LogP contribution in [-0.2, 0) is 0 Å². The maximum absolute atomic E-state index is 15.8. The Hall–Kier alpha value is -4.94. The highest BCUT2D eigenvalue weighted by Crippen LogP contribution is 2.43. The van der Waals surface area contributed by atoms with Gasteiger partial charge in [0.2, 0.25) is 11.5 Å². The first kappa shape index (κ1) is 24.2. The van der Waals surface area contributed by atoms with Gasteiger partial charge in [0.25, 0.3) is 5.95 Å². The minimum atomic E-state index is -1.03. The number of amidine groups is 1. The van der Waals surface area contributed by atoms with Crippen LogP contribution >= 0.6 is 0 Å². The number of hydrogen-bond donors (Lipinski definition) is 4. The van der Waals surface area contributed by atoms with Crippen molar-refractivity contribution in [2.45, 2.75) is 6.04 Å². The monoisotopic (exact) mass is 494 g/mol. The van der Waals surface area contributed by atoms with Gasteiger partial charge in [0.15, 0.2) is 17.4 Å². The molecular formula is C23H23FN8O4. The van der Waals surface area contributed by atoms with E-state index in [0.29, 0.717) is 11.3 Å². The number of hydrogen-bond acceptors (Lipinski definition) is 9. The lowest BCUT2D eigenvalue weighted by molar-refractivity contribution is 0.310. The zero-order chi connectivity index (χ0) is 25.8. The zero-order valence-corrected chi connectivity index (χ0v) is 19.6. The molecule has 186 valence electrons. The van der Waals surface area contributed by atoms with Crippen LogP contribution in [0.2, 0.25) is 0 Å². The molecule has 0 aliphatic heterocycles. The number of halogens is 1. The van der Waals surface area contributed by atoms with E-state index in [1.807, 2.05) is 0 Å². The lowest BCUT2D eigenvalue weighted by atomic mass is 10.0. The van der Waals surface area contributed by atoms with Crippen molar-refractivity contribution in [3.63, 3.8) is 0 Å². The molecule has 12 nitrogen and oxygen atoms in total. The van der Waals surface area contributed by atoms with E-state index in [1.165, 1.54) is 39.8 Å². The largest absolute Gasteiger partial charge is 0.493 e. The standard InChI is InChI=1S/C23H23FN8O4/c1-34-15-11-14(16(24)19(36-3)18(15)35-2)17(29-13-7-5-12(6-8-13)20(25)26)21-30-23(33)32(31-21)22-27-9-4-10-28-22/h4-11,17,29H,1-3H3,(H3,25,26)(H,30,31,33). The van der Waals surface area contributed by atoms with E-state index in [1.54, 1.807) is 30.3 Å². The molecule has 0 fully saturated rings. The molecule has 2 aromatic heterocycles. The number of anilines is 1. The van der Waals surface area contributed by atoms with Gasteiger partial charge in [-0.3, -0.25) is 10.4 Å². The number of nitrogen functional groups attached to an aromatic ring is 1. The Balaban J connectivity index is 1.88. The van der Waals surface area contributed by atoms with E-state index >= 15 is 4.39 Å². The minimum absolute atomic E-state index is 0.0416. The summed E-state index contributed by atoms with van der Waals surface area (Å²) in [7, 11) is 4.08. The fourth-order valence-corrected chi connectivity index (χ4v) is 3.56. The van der Waals surface area contributed by atoms with E-state index in [4.69, 9.17) is 25.4 Å². The number of H-pyrrole nitrogens is 1. The molecule has 1 unspecified atom stereocenters. The number of nitrogens with zero attached hydrogens (tertiary/aromatic N) is 4. The normalized spacial score (nSPS) is 11.6. The maximum atomic E-state index is 15.8. The van der Waals surface area contributed by atoms with Gasteiger partial charge in [-0.2, -0.15) is 0 Å². The number of aromatic nitrogens is 5. The second kappa shape index (κ2) is 10.1. The van der Waals surface area contributed by atoms with Gasteiger partial charge in [0, 0.05) is 29.2 Å². The van der Waals surface area contributed by atoms with Gasteiger partial charge in [0.05, 0.1) is 21.3 Å². The van der Waals surface area contributed by atoms with E-state index in [-0.39, 0.29) is 40.4 Å². The van der Waals surface area contributed by atoms with Crippen LogP contribution in [0.15, 0.2) is 53.6 Å². The predicted octanol–water partition coefficient (Wildman–Crippen LogP) is 2.00. The fraction of sp³-hybridized carbons (Fsp3) is 0.174. The summed E-state index contributed by atoms with van der Waals surface area (Å²) >= 11 is 0. The topological polar surface area (TPSA) is 166 Å². The van der Waals surface area contributed by atoms with Gasteiger partial charge in [0.1, 0.15) is 11.9 Å². The number of nitrogens with two attached hydrogens (primary N) is 1. The summed E-state index contributed by atoms with van der Waals surface area (Å²) < 4.78 is 32.7. The molecule has 1 atom stereocenters. The van der Waals surface area contributed by atoms with Gasteiger partial charge < -0.3 is 25.3 Å². The van der Waals surface area contributed by atoms with Crippen molar-refractivity contribution in [1.29, 1.82) is 5.41 Å². The Bertz CT molecular complexity index is 1440. The molecule has 0 aliphatic rings. The van der Waals surface area contributed by atoms with Crippen LogP contribution < -0.4 is 31.0 Å². The first-order valence-electron chi connectivity index (χ1n) is 10.5. The minimum Gasteiger partial charge on any atom is -0.493 e. The number of benzene rings is 2. The Kier molecular flexibility index (Phi) is 6.81. The van der Waals surface area contributed by atoms with Crippen LogP contribution in [0.5, 0.6) is 17.2 Å². The summed E-state index contributed by atoms with van der Waals surface area (Å²) in [5.74, 6) is -0.644. The lowest BCUT2D eigenvalue weighted by Gasteiger charge is -2.22. The van der Waals surface area contributed by atoms with Crippen molar-refractivity contribution in [2.24, 2.45) is 5.73 Å². The van der Waals surface area contributed by atoms with Gasteiger partial charge >= 0.3 is 5.69 Å². The molecular weight excluding hydrogens is 471 g/mol. The second-order valence-corrected chi connectivity index (χ2v) is 7.39. The quantitative estimate of drug-likeness (QED) is 0.201. The number of aromatic amines is 1. The third-order valence-corrected chi connectivity index (χ3v) is 5.27. The average molecular weight is 494 g/mol. The van der Waals surface area contributed by atoms with Crippen molar-refractivity contribution in [1.82, 2.24) is 24.7 Å². The summed E-state index contributed by atoms with van der Waals surface area (Å²) in [6, 6.07) is 8.58. The molecule has 0 bridgehead atoms. The SMILES string of the molecule is COc1cc(C(Nc2ccc(C(=N)N)cc2)c2nn(-c3ncccn3)c(=O)[nH]2)c(F)c(OC)c1OC. The average Bonchev–Trinajstić information content (AvgIpc) is 3.29. The fourth-order valence-electron chi connectivity index (χ4n) is 3.56. The highest BCUT2D eigenvalue weighted by molar-refractivity contribution is 5.95. The van der Waals surface area contributed by atoms with Gasteiger partial charge in [-0.15, -0.1) is 9.78 Å². The number of methoxy groups -OCH3 is 3. The van der Waals surface area contributed by atoms with Gasteiger partial charge in [-0.05, 0) is 36.4 Å². The van der Waals surface area contributed by atoms with Crippen LogP contribution in [0.3, 0.4) is 0 Å². The number of rotatable bonds is 9. The molecule has 0 amide bonds. The zero-order valence-electron chi connectivity index (χ0n) is 19.6. The predicted molar refractivity (Wildman–Crippen MR) is 129 cm³/mol. The molecule has 0 saturated heterocycles. The van der Waals surface area contributed by atoms with E-state index in [2.05, 4.69) is 25.4 Å². The Morgan fingerprint density at radius 3 is 2.36 bits per heavy atom. The van der Waals surface area contributed by atoms with Crippen LogP contribution in [0.4, 0.5) is 10.1 Å². The van der Waals surface area contributed by atoms with Crippen molar-refractivity contribution in [3.05, 3.63) is 82.0 Å². The molecule has 0 spiro atoms. The summed E-state index contributed by atoms with van der Waals surface area (Å²) in [6.45, 7) is 0. The van der Waals surface area contributed by atoms with Crippen LogP contribution in [0.1, 0.15) is 23.0 Å². The highest BCUT2D eigenvalue weighted by Gasteiger charge is 2.29. The molecule has 0 radical (unpaired) electrons. The summed E-state index contributed by atoms with van der Waals surface area (Å²) in [5.41, 5.74) is 6.01. The van der Waals surface area contributed by atoms with Crippen LogP contribution in [0.25, 0.3) is 5.95 Å². The van der Waals surface area contributed by atoms with E-state index in [0.717, 1.165) is 4.68 Å². The van der Waals surface area contributed by atoms with Crippen LogP contribution in [0, 0.1) is 11.2 Å². The summed E-state index contributed by atoms with van der Waals surface area (Å²) in [4.78, 5) is 23.5. The van der Waals surface area contributed by atoms with Crippen molar-refractivity contribution in [2.75, 3.05) is 26.6 Å². The molecule has 2 heterocycles. The Morgan fingerprint density at radius 1 is 1.11 bits per heavy atom. The molecule has 13 heteroatoms. The van der Waals surface area contributed by atoms with Crippen LogP contribution in [-0.4, -0.2) is 51.9 Å². The summed E-state index contributed by atoms with van der Waals surface area (Å²) in [5, 5.41) is 15.1. The van der Waals surface area contributed by atoms with E-state index < -0.39 is 17.5 Å². The van der Waals surface area contributed by atoms with Gasteiger partial charge in [-0.25, -0.2) is 19.2 Å². The van der Waals surface area contributed by atoms with Gasteiger partial charge in [-0.1, -0.05) is 0 Å². The smallest absolute Gasteiger partial charge is 0.350 e. The second-order valence-electron chi connectivity index (χ2n) is 7.39. The Morgan fingerprint density at radius 2 is 1.78 bits per heavy atom. The van der Waals surface area contributed by atoms with E-state index in [9.17, 15) is 4.79 Å². The molecule has 0 aliphatic carbocycles. The number of nitrogens with one attached hydrogen (secondary N) is 3. The maximum Gasteiger partial charge on any atom is 0.350 e. The first-order valence-corrected chi connectivity index (χ1v) is 10.5. The van der Waals surface area contributed by atoms with Crippen molar-refractivity contribution < 1.29 is 18.6 Å². The third kappa shape index (κ3) is 4.53. The van der Waals surface area contributed by atoms with Crippen molar-refractivity contribution in [3.8, 4) is 23.2 Å². The highest BCUT2D eigenvalue weighted by atomic mass is 19.1.